The number of carbonyl (C=O) groups excluding carboxylic acids is 1. The number of aliphatic hydroxyl groups is 1. The first-order valence-electron chi connectivity index (χ1n) is 9.30. The monoisotopic (exact) mass is 370 g/mol. The summed E-state index contributed by atoms with van der Waals surface area (Å²) in [5.74, 6) is 0.324. The van der Waals surface area contributed by atoms with Gasteiger partial charge in [-0.3, -0.25) is 9.78 Å². The fourth-order valence-electron chi connectivity index (χ4n) is 3.26. The summed E-state index contributed by atoms with van der Waals surface area (Å²) in [5, 5.41) is 16.2. The summed E-state index contributed by atoms with van der Waals surface area (Å²) in [4.78, 5) is 25.1. The number of rotatable bonds is 6. The van der Waals surface area contributed by atoms with E-state index in [1.54, 1.807) is 12.4 Å². The lowest BCUT2D eigenvalue weighted by atomic mass is 9.93. The molecule has 0 spiro atoms. The van der Waals surface area contributed by atoms with E-state index < -0.39 is 5.91 Å². The van der Waals surface area contributed by atoms with Gasteiger partial charge in [-0.25, -0.2) is 9.97 Å². The van der Waals surface area contributed by atoms with Gasteiger partial charge < -0.3 is 21.5 Å². The minimum Gasteiger partial charge on any atom is -0.393 e. The molecule has 27 heavy (non-hydrogen) atoms. The molecule has 0 saturated heterocycles. The van der Waals surface area contributed by atoms with Gasteiger partial charge in [-0.2, -0.15) is 0 Å². The third-order valence-corrected chi connectivity index (χ3v) is 4.71. The maximum atomic E-state index is 11.9. The first-order valence-corrected chi connectivity index (χ1v) is 9.30. The Morgan fingerprint density at radius 3 is 2.59 bits per heavy atom. The van der Waals surface area contributed by atoms with Crippen molar-refractivity contribution in [1.82, 2.24) is 15.0 Å². The van der Waals surface area contributed by atoms with Crippen LogP contribution in [0.4, 0.5) is 17.3 Å². The molecule has 0 atom stereocenters. The molecular formula is C19H26N6O2. The first-order chi connectivity index (χ1) is 13.0. The van der Waals surface area contributed by atoms with Gasteiger partial charge in [0.2, 0.25) is 0 Å². The van der Waals surface area contributed by atoms with Gasteiger partial charge in [-0.1, -0.05) is 6.92 Å². The molecule has 0 unspecified atom stereocenters. The van der Waals surface area contributed by atoms with E-state index in [0.717, 1.165) is 31.2 Å². The van der Waals surface area contributed by atoms with E-state index in [4.69, 9.17) is 5.73 Å². The van der Waals surface area contributed by atoms with Crippen LogP contribution in [-0.4, -0.2) is 38.1 Å². The van der Waals surface area contributed by atoms with E-state index in [2.05, 4.69) is 25.6 Å². The minimum absolute atomic E-state index is 0.109. The summed E-state index contributed by atoms with van der Waals surface area (Å²) in [6, 6.07) is 2.13. The van der Waals surface area contributed by atoms with Crippen molar-refractivity contribution >= 4 is 23.2 Å². The third kappa shape index (κ3) is 4.71. The SMILES string of the molecule is CCc1nc(C(N)=O)c(Nc2cncc(C)c2)nc1N[C@H]1CC[C@H](O)CC1. The number of primary amides is 1. The van der Waals surface area contributed by atoms with Gasteiger partial charge in [0, 0.05) is 12.2 Å². The van der Waals surface area contributed by atoms with E-state index in [-0.39, 0.29) is 17.8 Å². The Hall–Kier alpha value is -2.74. The lowest BCUT2D eigenvalue weighted by molar-refractivity contribution is 0.0996. The Morgan fingerprint density at radius 1 is 1.22 bits per heavy atom. The number of anilines is 3. The number of aromatic nitrogens is 3. The molecule has 8 nitrogen and oxygen atoms in total. The number of aliphatic hydroxyl groups excluding tert-OH is 1. The van der Waals surface area contributed by atoms with E-state index in [9.17, 15) is 9.90 Å². The average molecular weight is 370 g/mol. The van der Waals surface area contributed by atoms with Crippen LogP contribution in [0.2, 0.25) is 0 Å². The third-order valence-electron chi connectivity index (χ3n) is 4.71. The molecule has 144 valence electrons. The molecule has 1 amide bonds. The van der Waals surface area contributed by atoms with Gasteiger partial charge in [0.1, 0.15) is 5.82 Å². The predicted octanol–water partition coefficient (Wildman–Crippen LogP) is 2.30. The lowest BCUT2D eigenvalue weighted by Gasteiger charge is -2.27. The van der Waals surface area contributed by atoms with Crippen molar-refractivity contribution in [3.8, 4) is 0 Å². The van der Waals surface area contributed by atoms with Crippen LogP contribution in [0, 0.1) is 6.92 Å². The van der Waals surface area contributed by atoms with E-state index >= 15 is 0 Å². The van der Waals surface area contributed by atoms with Crippen LogP contribution in [0.5, 0.6) is 0 Å². The van der Waals surface area contributed by atoms with Crippen molar-refractivity contribution in [3.05, 3.63) is 35.4 Å². The van der Waals surface area contributed by atoms with Crippen LogP contribution in [0.15, 0.2) is 18.5 Å². The topological polar surface area (TPSA) is 126 Å². The van der Waals surface area contributed by atoms with Crippen molar-refractivity contribution in [1.29, 1.82) is 0 Å². The zero-order chi connectivity index (χ0) is 19.4. The summed E-state index contributed by atoms with van der Waals surface area (Å²) >= 11 is 0. The highest BCUT2D eigenvalue weighted by Crippen LogP contribution is 2.26. The molecule has 2 aromatic rings. The van der Waals surface area contributed by atoms with Crippen LogP contribution in [0.1, 0.15) is 54.4 Å². The molecule has 0 aromatic carbocycles. The second-order valence-corrected chi connectivity index (χ2v) is 6.96. The van der Waals surface area contributed by atoms with E-state index in [1.165, 1.54) is 0 Å². The number of pyridine rings is 1. The second kappa shape index (κ2) is 8.30. The molecule has 5 N–H and O–H groups in total. The summed E-state index contributed by atoms with van der Waals surface area (Å²) in [7, 11) is 0. The van der Waals surface area contributed by atoms with Crippen LogP contribution < -0.4 is 16.4 Å². The number of amides is 1. The number of aryl methyl sites for hydroxylation is 2. The smallest absolute Gasteiger partial charge is 0.271 e. The highest BCUT2D eigenvalue weighted by molar-refractivity contribution is 5.96. The number of hydrogen-bond acceptors (Lipinski definition) is 7. The quantitative estimate of drug-likeness (QED) is 0.614. The molecule has 1 saturated carbocycles. The first kappa shape index (κ1) is 19.0. The van der Waals surface area contributed by atoms with Gasteiger partial charge in [-0.15, -0.1) is 0 Å². The van der Waals surface area contributed by atoms with Gasteiger partial charge in [0.05, 0.1) is 23.7 Å². The molecule has 0 aliphatic heterocycles. The Kier molecular flexibility index (Phi) is 5.85. The normalized spacial score (nSPS) is 19.5. The van der Waals surface area contributed by atoms with Crippen LogP contribution in [0.3, 0.4) is 0 Å². The molecule has 2 heterocycles. The average Bonchev–Trinajstić information content (AvgIpc) is 2.63. The zero-order valence-electron chi connectivity index (χ0n) is 15.7. The van der Waals surface area contributed by atoms with Crippen LogP contribution >= 0.6 is 0 Å². The Labute approximate surface area is 158 Å². The van der Waals surface area contributed by atoms with Crippen LogP contribution in [-0.2, 0) is 6.42 Å². The lowest BCUT2D eigenvalue weighted by Crippen LogP contribution is -2.29. The van der Waals surface area contributed by atoms with Crippen LogP contribution in [0.25, 0.3) is 0 Å². The van der Waals surface area contributed by atoms with E-state index in [1.807, 2.05) is 19.9 Å². The van der Waals surface area contributed by atoms with Crippen molar-refractivity contribution in [2.45, 2.75) is 58.1 Å². The number of nitrogens with one attached hydrogen (secondary N) is 2. The second-order valence-electron chi connectivity index (χ2n) is 6.96. The highest BCUT2D eigenvalue weighted by atomic mass is 16.3. The van der Waals surface area contributed by atoms with Crippen molar-refractivity contribution in [2.24, 2.45) is 5.73 Å². The molecule has 1 fully saturated rings. The molecule has 1 aliphatic rings. The molecule has 0 radical (unpaired) electrons. The standard InChI is InChI=1S/C19H26N6O2/c1-3-15-18(22-12-4-6-14(26)7-5-12)25-19(16(24-15)17(20)27)23-13-8-11(2)9-21-10-13/h8-10,12,14,26H,3-7H2,1-2H3,(H2,20,27)(H2,22,23,25)/t12-,14-. The Morgan fingerprint density at radius 2 is 1.96 bits per heavy atom. The number of nitrogens with zero attached hydrogens (tertiary/aromatic N) is 3. The number of hydrogen-bond donors (Lipinski definition) is 4. The molecule has 2 aromatic heterocycles. The fourth-order valence-corrected chi connectivity index (χ4v) is 3.26. The Bertz CT molecular complexity index is 818. The Balaban J connectivity index is 1.91. The molecule has 3 rings (SSSR count). The van der Waals surface area contributed by atoms with Crippen molar-refractivity contribution < 1.29 is 9.90 Å². The maximum absolute atomic E-state index is 11.9. The van der Waals surface area contributed by atoms with Gasteiger partial charge in [0.25, 0.3) is 5.91 Å². The minimum atomic E-state index is -0.632. The summed E-state index contributed by atoms with van der Waals surface area (Å²) in [6.07, 6.45) is 7.08. The van der Waals surface area contributed by atoms with Crippen molar-refractivity contribution in [3.63, 3.8) is 0 Å². The largest absolute Gasteiger partial charge is 0.393 e. The van der Waals surface area contributed by atoms with E-state index in [0.29, 0.717) is 29.4 Å². The van der Waals surface area contributed by atoms with Gasteiger partial charge in [-0.05, 0) is 50.7 Å². The zero-order valence-corrected chi connectivity index (χ0v) is 15.7. The fraction of sp³-hybridized carbons (Fsp3) is 0.474. The molecule has 8 heteroatoms. The van der Waals surface area contributed by atoms with Crippen molar-refractivity contribution in [2.75, 3.05) is 10.6 Å². The summed E-state index contributed by atoms with van der Waals surface area (Å²) in [5.41, 5.74) is 8.03. The molecule has 0 bridgehead atoms. The molecular weight excluding hydrogens is 344 g/mol. The number of nitrogens with two attached hydrogens (primary N) is 1. The maximum Gasteiger partial charge on any atom is 0.271 e. The predicted molar refractivity (Wildman–Crippen MR) is 104 cm³/mol. The van der Waals surface area contributed by atoms with Gasteiger partial charge >= 0.3 is 0 Å². The molecule has 1 aliphatic carbocycles. The summed E-state index contributed by atoms with van der Waals surface area (Å²) < 4.78 is 0. The summed E-state index contributed by atoms with van der Waals surface area (Å²) in [6.45, 7) is 3.89. The highest BCUT2D eigenvalue weighted by Gasteiger charge is 2.22. The van der Waals surface area contributed by atoms with Gasteiger partial charge in [0.15, 0.2) is 11.5 Å². The number of carbonyl (C=O) groups is 1.